The number of hydrogen-bond acceptors (Lipinski definition) is 5. The fourth-order valence-corrected chi connectivity index (χ4v) is 2.85. The number of rotatable bonds is 6. The molecule has 0 fully saturated rings. The van der Waals surface area contributed by atoms with E-state index in [2.05, 4.69) is 20.3 Å². The van der Waals surface area contributed by atoms with E-state index in [-0.39, 0.29) is 0 Å². The molecule has 4 rings (SSSR count). The molecule has 0 radical (unpaired) electrons. The minimum Gasteiger partial charge on any atom is -0.494 e. The number of ether oxygens (including phenoxy) is 1. The summed E-state index contributed by atoms with van der Waals surface area (Å²) in [5.41, 5.74) is 1.81. The molecule has 4 aromatic rings. The molecule has 0 spiro atoms. The molecule has 2 heterocycles. The molecule has 0 aliphatic heterocycles. The molecule has 0 saturated heterocycles. The first-order valence-corrected chi connectivity index (χ1v) is 9.21. The van der Waals surface area contributed by atoms with Crippen LogP contribution >= 0.6 is 0 Å². The maximum Gasteiger partial charge on any atom is 0.163 e. The van der Waals surface area contributed by atoms with Crippen molar-refractivity contribution in [1.82, 2.24) is 15.0 Å². The maximum atomic E-state index is 13.7. The molecule has 0 unspecified atom stereocenters. The first-order valence-electron chi connectivity index (χ1n) is 9.21. The average Bonchev–Trinajstić information content (AvgIpc) is 2.75. The number of pyridine rings is 1. The van der Waals surface area contributed by atoms with Gasteiger partial charge in [0.25, 0.3) is 0 Å². The highest BCUT2D eigenvalue weighted by Crippen LogP contribution is 2.30. The minimum atomic E-state index is -0.937. The normalized spacial score (nSPS) is 10.9. The van der Waals surface area contributed by atoms with Crippen molar-refractivity contribution < 1.29 is 13.5 Å². The van der Waals surface area contributed by atoms with E-state index < -0.39 is 11.6 Å². The number of hydrogen-bond donors (Lipinski definition) is 1. The Labute approximate surface area is 166 Å². The predicted octanol–water partition coefficient (Wildman–Crippen LogP) is 5.50. The van der Waals surface area contributed by atoms with Gasteiger partial charge >= 0.3 is 0 Å². The van der Waals surface area contributed by atoms with Gasteiger partial charge < -0.3 is 10.1 Å². The zero-order valence-corrected chi connectivity index (χ0v) is 15.7. The zero-order valence-electron chi connectivity index (χ0n) is 15.7. The van der Waals surface area contributed by atoms with E-state index in [9.17, 15) is 8.78 Å². The third-order valence-corrected chi connectivity index (χ3v) is 4.24. The Hall–Kier alpha value is -3.61. The lowest BCUT2D eigenvalue weighted by atomic mass is 10.2. The van der Waals surface area contributed by atoms with Crippen molar-refractivity contribution in [3.63, 3.8) is 0 Å². The van der Waals surface area contributed by atoms with Crippen molar-refractivity contribution in [2.75, 3.05) is 11.9 Å². The molecule has 5 nitrogen and oxygen atoms in total. The van der Waals surface area contributed by atoms with Crippen LogP contribution in [0.15, 0.2) is 60.9 Å². The summed E-state index contributed by atoms with van der Waals surface area (Å²) in [5.74, 6) is -0.229. The molecule has 146 valence electrons. The zero-order chi connectivity index (χ0) is 20.2. The summed E-state index contributed by atoms with van der Waals surface area (Å²) in [4.78, 5) is 13.3. The third-order valence-electron chi connectivity index (χ3n) is 4.24. The largest absolute Gasteiger partial charge is 0.494 e. The highest BCUT2D eigenvalue weighted by atomic mass is 19.2. The van der Waals surface area contributed by atoms with Crippen LogP contribution < -0.4 is 10.1 Å². The fraction of sp³-hybridized carbons (Fsp3) is 0.136. The van der Waals surface area contributed by atoms with E-state index in [0.29, 0.717) is 40.6 Å². The summed E-state index contributed by atoms with van der Waals surface area (Å²) in [7, 11) is 0. The highest BCUT2D eigenvalue weighted by Gasteiger charge is 2.12. The molecule has 2 aromatic carbocycles. The molecular weight excluding hydrogens is 374 g/mol. The molecule has 0 atom stereocenters. The van der Waals surface area contributed by atoms with E-state index in [4.69, 9.17) is 4.74 Å². The fourth-order valence-electron chi connectivity index (χ4n) is 2.85. The molecule has 0 saturated carbocycles. The average molecular weight is 392 g/mol. The Morgan fingerprint density at radius 2 is 1.90 bits per heavy atom. The number of aromatic nitrogens is 3. The first kappa shape index (κ1) is 18.7. The number of halogens is 2. The van der Waals surface area contributed by atoms with Crippen LogP contribution in [0.2, 0.25) is 0 Å². The van der Waals surface area contributed by atoms with Gasteiger partial charge in [-0.15, -0.1) is 0 Å². The van der Waals surface area contributed by atoms with Gasteiger partial charge in [-0.3, -0.25) is 4.98 Å². The second-order valence-electron chi connectivity index (χ2n) is 6.42. The third kappa shape index (κ3) is 4.13. The molecule has 0 aliphatic carbocycles. The smallest absolute Gasteiger partial charge is 0.163 e. The quantitative estimate of drug-likeness (QED) is 0.469. The molecule has 29 heavy (non-hydrogen) atoms. The van der Waals surface area contributed by atoms with Crippen LogP contribution in [0.4, 0.5) is 20.3 Å². The predicted molar refractivity (Wildman–Crippen MR) is 108 cm³/mol. The second-order valence-corrected chi connectivity index (χ2v) is 6.42. The van der Waals surface area contributed by atoms with Gasteiger partial charge in [0.15, 0.2) is 17.5 Å². The first-order chi connectivity index (χ1) is 14.1. The highest BCUT2D eigenvalue weighted by molar-refractivity contribution is 5.93. The SMILES string of the molecule is CCCOc1ccc2nc(-c3cccnc3)nc(Nc3ccc(F)c(F)c3)c2c1. The Morgan fingerprint density at radius 3 is 2.66 bits per heavy atom. The molecule has 0 amide bonds. The van der Waals surface area contributed by atoms with Gasteiger partial charge in [-0.05, 0) is 48.9 Å². The Bertz CT molecular complexity index is 1150. The minimum absolute atomic E-state index is 0.376. The second kappa shape index (κ2) is 8.18. The lowest BCUT2D eigenvalue weighted by Crippen LogP contribution is -2.01. The molecule has 1 N–H and O–H groups in total. The van der Waals surface area contributed by atoms with Gasteiger partial charge in [-0.1, -0.05) is 6.92 Å². The summed E-state index contributed by atoms with van der Waals surface area (Å²) in [5, 5.41) is 3.78. The van der Waals surface area contributed by atoms with Crippen molar-refractivity contribution in [3.8, 4) is 17.1 Å². The van der Waals surface area contributed by atoms with Gasteiger partial charge in [0, 0.05) is 35.1 Å². The van der Waals surface area contributed by atoms with Gasteiger partial charge in [-0.25, -0.2) is 18.7 Å². The monoisotopic (exact) mass is 392 g/mol. The lowest BCUT2D eigenvalue weighted by molar-refractivity contribution is 0.318. The molecule has 7 heteroatoms. The number of anilines is 2. The van der Waals surface area contributed by atoms with E-state index in [1.54, 1.807) is 18.5 Å². The molecule has 0 bridgehead atoms. The van der Waals surface area contributed by atoms with Gasteiger partial charge in [0.1, 0.15) is 11.6 Å². The standard InChI is InChI=1S/C22H18F2N4O/c1-2-10-29-16-6-8-20-17(12-16)22(26-15-5-7-18(23)19(24)11-15)28-21(27-20)14-4-3-9-25-13-14/h3-9,11-13H,2,10H2,1H3,(H,26,27,28). The molecule has 2 aromatic heterocycles. The van der Waals surface area contributed by atoms with Crippen LogP contribution in [-0.2, 0) is 0 Å². The van der Waals surface area contributed by atoms with E-state index in [1.807, 2.05) is 31.2 Å². The van der Waals surface area contributed by atoms with Gasteiger partial charge in [0.05, 0.1) is 12.1 Å². The maximum absolute atomic E-state index is 13.7. The number of nitrogens with one attached hydrogen (secondary N) is 1. The summed E-state index contributed by atoms with van der Waals surface area (Å²) < 4.78 is 32.7. The van der Waals surface area contributed by atoms with Crippen molar-refractivity contribution in [1.29, 1.82) is 0 Å². The number of benzene rings is 2. The van der Waals surface area contributed by atoms with Gasteiger partial charge in [0.2, 0.25) is 0 Å². The summed E-state index contributed by atoms with van der Waals surface area (Å²) in [6.07, 6.45) is 4.22. The molecule has 0 aliphatic rings. The van der Waals surface area contributed by atoms with Crippen LogP contribution in [0.3, 0.4) is 0 Å². The van der Waals surface area contributed by atoms with Crippen molar-refractivity contribution in [2.45, 2.75) is 13.3 Å². The van der Waals surface area contributed by atoms with Crippen LogP contribution in [0.25, 0.3) is 22.3 Å². The van der Waals surface area contributed by atoms with Crippen LogP contribution in [0.5, 0.6) is 5.75 Å². The van der Waals surface area contributed by atoms with Gasteiger partial charge in [-0.2, -0.15) is 0 Å². The number of nitrogens with zero attached hydrogens (tertiary/aromatic N) is 3. The van der Waals surface area contributed by atoms with E-state index in [0.717, 1.165) is 24.1 Å². The Balaban J connectivity index is 1.83. The number of fused-ring (bicyclic) bond motifs is 1. The molecular formula is C22H18F2N4O. The van der Waals surface area contributed by atoms with E-state index >= 15 is 0 Å². The Kier molecular flexibility index (Phi) is 5.29. The topological polar surface area (TPSA) is 59.9 Å². The Morgan fingerprint density at radius 1 is 1.00 bits per heavy atom. The van der Waals surface area contributed by atoms with Crippen molar-refractivity contribution in [2.24, 2.45) is 0 Å². The van der Waals surface area contributed by atoms with Crippen LogP contribution in [0, 0.1) is 11.6 Å². The lowest BCUT2D eigenvalue weighted by Gasteiger charge is -2.13. The van der Waals surface area contributed by atoms with Crippen molar-refractivity contribution in [3.05, 3.63) is 72.6 Å². The summed E-state index contributed by atoms with van der Waals surface area (Å²) in [6, 6.07) is 12.8. The summed E-state index contributed by atoms with van der Waals surface area (Å²) >= 11 is 0. The summed E-state index contributed by atoms with van der Waals surface area (Å²) in [6.45, 7) is 2.62. The van der Waals surface area contributed by atoms with E-state index in [1.165, 1.54) is 6.07 Å². The van der Waals surface area contributed by atoms with Crippen LogP contribution in [0.1, 0.15) is 13.3 Å². The van der Waals surface area contributed by atoms with Crippen LogP contribution in [-0.4, -0.2) is 21.6 Å². The van der Waals surface area contributed by atoms with Crippen molar-refractivity contribution >= 4 is 22.4 Å².